The molecular weight excluding hydrogens is 245 g/mol. The van der Waals surface area contributed by atoms with Gasteiger partial charge in [-0.2, -0.15) is 13.2 Å². The van der Waals surface area contributed by atoms with E-state index in [0.29, 0.717) is 18.0 Å². The van der Waals surface area contributed by atoms with Crippen molar-refractivity contribution < 1.29 is 13.2 Å². The molecule has 3 heterocycles. The molecule has 2 saturated heterocycles. The zero-order chi connectivity index (χ0) is 12.8. The van der Waals surface area contributed by atoms with Gasteiger partial charge < -0.3 is 10.2 Å². The van der Waals surface area contributed by atoms with Gasteiger partial charge in [-0.1, -0.05) is 0 Å². The van der Waals surface area contributed by atoms with Crippen LogP contribution in [0.25, 0.3) is 0 Å². The van der Waals surface area contributed by atoms with Crippen molar-refractivity contribution >= 4 is 5.95 Å². The molecular formula is C11H13F3N4. The molecule has 1 aromatic heterocycles. The Morgan fingerprint density at radius 2 is 1.94 bits per heavy atom. The summed E-state index contributed by atoms with van der Waals surface area (Å²) in [6.07, 6.45) is -0.666. The maximum absolute atomic E-state index is 12.4. The molecule has 1 aromatic rings. The summed E-state index contributed by atoms with van der Waals surface area (Å²) in [6.45, 7) is 1.75. The van der Waals surface area contributed by atoms with Gasteiger partial charge >= 0.3 is 6.18 Å². The van der Waals surface area contributed by atoms with Crippen LogP contribution in [0, 0.1) is 0 Å². The number of fused-ring (bicyclic) bond motifs is 1. The topological polar surface area (TPSA) is 41.1 Å². The van der Waals surface area contributed by atoms with E-state index in [1.807, 2.05) is 4.90 Å². The maximum Gasteiger partial charge on any atom is 0.419 e. The SMILES string of the molecule is FC(F)(F)c1cnc(N2CC[C@H]3NCC[C@H]32)nc1. The van der Waals surface area contributed by atoms with Gasteiger partial charge in [0, 0.05) is 31.0 Å². The van der Waals surface area contributed by atoms with Crippen molar-refractivity contribution in [1.29, 1.82) is 0 Å². The molecule has 2 aliphatic heterocycles. The monoisotopic (exact) mass is 258 g/mol. The van der Waals surface area contributed by atoms with Crippen LogP contribution in [0.1, 0.15) is 18.4 Å². The minimum absolute atomic E-state index is 0.321. The van der Waals surface area contributed by atoms with Gasteiger partial charge in [-0.25, -0.2) is 9.97 Å². The van der Waals surface area contributed by atoms with Gasteiger partial charge in [0.05, 0.1) is 5.56 Å². The molecule has 3 rings (SSSR count). The number of nitrogens with one attached hydrogen (secondary N) is 1. The van der Waals surface area contributed by atoms with E-state index in [0.717, 1.165) is 38.3 Å². The molecule has 0 aromatic carbocycles. The molecule has 0 radical (unpaired) electrons. The number of anilines is 1. The third-order valence-corrected chi connectivity index (χ3v) is 3.61. The van der Waals surface area contributed by atoms with Gasteiger partial charge in [0.15, 0.2) is 0 Å². The number of hydrogen-bond acceptors (Lipinski definition) is 4. The Morgan fingerprint density at radius 3 is 2.61 bits per heavy atom. The van der Waals surface area contributed by atoms with Crippen LogP contribution in [0.3, 0.4) is 0 Å². The van der Waals surface area contributed by atoms with Crippen molar-refractivity contribution in [3.05, 3.63) is 18.0 Å². The first kappa shape index (κ1) is 11.7. The molecule has 0 saturated carbocycles. The number of halogens is 3. The van der Waals surface area contributed by atoms with Crippen molar-refractivity contribution in [3.63, 3.8) is 0 Å². The minimum Gasteiger partial charge on any atom is -0.336 e. The molecule has 2 fully saturated rings. The van der Waals surface area contributed by atoms with E-state index in [9.17, 15) is 13.2 Å². The van der Waals surface area contributed by atoms with Crippen LogP contribution in [-0.2, 0) is 6.18 Å². The minimum atomic E-state index is -4.37. The first-order chi connectivity index (χ1) is 8.55. The Balaban J connectivity index is 1.81. The number of nitrogens with zero attached hydrogens (tertiary/aromatic N) is 3. The molecule has 7 heteroatoms. The summed E-state index contributed by atoms with van der Waals surface area (Å²) < 4.78 is 37.2. The van der Waals surface area contributed by atoms with E-state index in [-0.39, 0.29) is 0 Å². The average Bonchev–Trinajstić information content (AvgIpc) is 2.89. The molecule has 0 amide bonds. The number of alkyl halides is 3. The van der Waals surface area contributed by atoms with E-state index in [1.54, 1.807) is 0 Å². The van der Waals surface area contributed by atoms with Crippen LogP contribution in [0.2, 0.25) is 0 Å². The summed E-state index contributed by atoms with van der Waals surface area (Å²) in [4.78, 5) is 9.71. The highest BCUT2D eigenvalue weighted by Gasteiger charge is 2.39. The van der Waals surface area contributed by atoms with E-state index < -0.39 is 11.7 Å². The first-order valence-corrected chi connectivity index (χ1v) is 5.95. The fraction of sp³-hybridized carbons (Fsp3) is 0.636. The number of hydrogen-bond donors (Lipinski definition) is 1. The predicted octanol–water partition coefficient (Wildman–Crippen LogP) is 1.44. The van der Waals surface area contributed by atoms with E-state index >= 15 is 0 Å². The molecule has 1 N–H and O–H groups in total. The zero-order valence-corrected chi connectivity index (χ0v) is 9.61. The molecule has 0 unspecified atom stereocenters. The maximum atomic E-state index is 12.4. The Hall–Kier alpha value is -1.37. The van der Waals surface area contributed by atoms with Gasteiger partial charge in [0.1, 0.15) is 0 Å². The van der Waals surface area contributed by atoms with Gasteiger partial charge in [-0.3, -0.25) is 0 Å². The fourth-order valence-corrected chi connectivity index (χ4v) is 2.73. The molecule has 2 aliphatic rings. The Kier molecular flexibility index (Phi) is 2.65. The fourth-order valence-electron chi connectivity index (χ4n) is 2.73. The van der Waals surface area contributed by atoms with Crippen molar-refractivity contribution in [3.8, 4) is 0 Å². The van der Waals surface area contributed by atoms with Crippen LogP contribution in [0.15, 0.2) is 12.4 Å². The van der Waals surface area contributed by atoms with Crippen LogP contribution in [0.4, 0.5) is 19.1 Å². The summed E-state index contributed by atoms with van der Waals surface area (Å²) in [7, 11) is 0. The summed E-state index contributed by atoms with van der Waals surface area (Å²) in [5.74, 6) is 0.402. The van der Waals surface area contributed by atoms with Crippen LogP contribution >= 0.6 is 0 Å². The third kappa shape index (κ3) is 1.92. The highest BCUT2D eigenvalue weighted by atomic mass is 19.4. The lowest BCUT2D eigenvalue weighted by Crippen LogP contribution is -2.35. The van der Waals surface area contributed by atoms with E-state index in [2.05, 4.69) is 15.3 Å². The number of aromatic nitrogens is 2. The Morgan fingerprint density at radius 1 is 1.22 bits per heavy atom. The molecule has 98 valence electrons. The quantitative estimate of drug-likeness (QED) is 0.827. The Bertz CT molecular complexity index is 431. The van der Waals surface area contributed by atoms with Gasteiger partial charge in [-0.05, 0) is 19.4 Å². The van der Waals surface area contributed by atoms with Crippen LogP contribution < -0.4 is 10.2 Å². The van der Waals surface area contributed by atoms with Gasteiger partial charge in [0.25, 0.3) is 0 Å². The normalized spacial score (nSPS) is 27.6. The molecule has 4 nitrogen and oxygen atoms in total. The largest absolute Gasteiger partial charge is 0.419 e. The highest BCUT2D eigenvalue weighted by molar-refractivity contribution is 5.36. The lowest BCUT2D eigenvalue weighted by molar-refractivity contribution is -0.138. The smallest absolute Gasteiger partial charge is 0.336 e. The van der Waals surface area contributed by atoms with Crippen molar-refractivity contribution in [2.45, 2.75) is 31.1 Å². The van der Waals surface area contributed by atoms with E-state index in [1.165, 1.54) is 0 Å². The second kappa shape index (κ2) is 4.08. The van der Waals surface area contributed by atoms with Crippen molar-refractivity contribution in [2.24, 2.45) is 0 Å². The molecule has 0 aliphatic carbocycles. The lowest BCUT2D eigenvalue weighted by Gasteiger charge is -2.23. The third-order valence-electron chi connectivity index (χ3n) is 3.61. The molecule has 0 spiro atoms. The summed E-state index contributed by atoms with van der Waals surface area (Å²) >= 11 is 0. The number of rotatable bonds is 1. The predicted molar refractivity (Wildman–Crippen MR) is 59.2 cm³/mol. The van der Waals surface area contributed by atoms with E-state index in [4.69, 9.17) is 0 Å². The zero-order valence-electron chi connectivity index (χ0n) is 9.61. The Labute approximate surface area is 102 Å². The second-order valence-corrected chi connectivity index (χ2v) is 4.67. The summed E-state index contributed by atoms with van der Waals surface area (Å²) in [6, 6.07) is 0.748. The van der Waals surface area contributed by atoms with Crippen LogP contribution in [-0.4, -0.2) is 35.1 Å². The van der Waals surface area contributed by atoms with Gasteiger partial charge in [-0.15, -0.1) is 0 Å². The molecule has 18 heavy (non-hydrogen) atoms. The highest BCUT2D eigenvalue weighted by Crippen LogP contribution is 2.31. The van der Waals surface area contributed by atoms with Gasteiger partial charge in [0.2, 0.25) is 5.95 Å². The first-order valence-electron chi connectivity index (χ1n) is 5.95. The average molecular weight is 258 g/mol. The second-order valence-electron chi connectivity index (χ2n) is 4.67. The molecule has 2 atom stereocenters. The lowest BCUT2D eigenvalue weighted by atomic mass is 10.1. The van der Waals surface area contributed by atoms with Crippen molar-refractivity contribution in [1.82, 2.24) is 15.3 Å². The standard InChI is InChI=1S/C11H13F3N4/c12-11(13,14)7-5-16-10(17-6-7)18-4-2-8-9(18)1-3-15-8/h5-6,8-9,15H,1-4H2/t8-,9-/m1/s1. The van der Waals surface area contributed by atoms with Crippen molar-refractivity contribution in [2.75, 3.05) is 18.0 Å². The molecule has 0 bridgehead atoms. The summed E-state index contributed by atoms with van der Waals surface area (Å²) in [5.41, 5.74) is -0.799. The summed E-state index contributed by atoms with van der Waals surface area (Å²) in [5, 5.41) is 3.38. The van der Waals surface area contributed by atoms with Crippen LogP contribution in [0.5, 0.6) is 0 Å².